The van der Waals surface area contributed by atoms with Crippen molar-refractivity contribution < 1.29 is 14.3 Å². The summed E-state index contributed by atoms with van der Waals surface area (Å²) in [4.78, 5) is 25.6. The van der Waals surface area contributed by atoms with E-state index in [4.69, 9.17) is 4.42 Å². The van der Waals surface area contributed by atoms with Crippen molar-refractivity contribution in [1.29, 1.82) is 0 Å². The van der Waals surface area contributed by atoms with E-state index in [1.54, 1.807) is 32.1 Å². The first-order valence-corrected chi connectivity index (χ1v) is 8.62. The van der Waals surface area contributed by atoms with Gasteiger partial charge < -0.3 is 14.4 Å². The molecular formula is C22H21NO4. The van der Waals surface area contributed by atoms with Crippen LogP contribution < -0.4 is 10.3 Å². The fourth-order valence-corrected chi connectivity index (χ4v) is 3.26. The monoisotopic (exact) mass is 363 g/mol. The Bertz CT molecular complexity index is 1120. The zero-order valence-electron chi connectivity index (χ0n) is 15.7. The Kier molecular flexibility index (Phi) is 4.86. The van der Waals surface area contributed by atoms with E-state index in [9.17, 15) is 14.7 Å². The topological polar surface area (TPSA) is 70.7 Å². The number of hydrogen-bond acceptors (Lipinski definition) is 4. The van der Waals surface area contributed by atoms with Gasteiger partial charge in [0.2, 0.25) is 0 Å². The third-order valence-electron chi connectivity index (χ3n) is 4.56. The minimum atomic E-state index is -1.00. The van der Waals surface area contributed by atoms with Crippen LogP contribution in [-0.2, 0) is 4.79 Å². The predicted molar refractivity (Wildman–Crippen MR) is 108 cm³/mol. The fourth-order valence-electron chi connectivity index (χ4n) is 3.26. The van der Waals surface area contributed by atoms with Gasteiger partial charge in [-0.05, 0) is 43.7 Å². The number of aliphatic carboxylic acids is 1. The molecule has 0 bridgehead atoms. The largest absolute Gasteiger partial charge is 0.478 e. The summed E-state index contributed by atoms with van der Waals surface area (Å²) >= 11 is 0. The summed E-state index contributed by atoms with van der Waals surface area (Å²) in [5, 5.41) is 10.4. The smallest absolute Gasteiger partial charge is 0.335 e. The SMILES string of the molecule is C/C=C(\C(=C/C)C(=O)O)c1c2ccc(=O)cc-2oc2cc(N(C)C)ccc12. The number of carboxylic acids is 1. The molecule has 2 aliphatic rings. The number of rotatable bonds is 4. The number of hydrogen-bond donors (Lipinski definition) is 1. The normalized spacial score (nSPS) is 12.6. The maximum absolute atomic E-state index is 11.9. The molecule has 27 heavy (non-hydrogen) atoms. The summed E-state index contributed by atoms with van der Waals surface area (Å²) in [5.41, 5.74) is 3.62. The van der Waals surface area contributed by atoms with Crippen LogP contribution in [0.2, 0.25) is 0 Å². The third kappa shape index (κ3) is 3.24. The highest BCUT2D eigenvalue weighted by atomic mass is 16.4. The molecule has 0 fully saturated rings. The lowest BCUT2D eigenvalue weighted by atomic mass is 9.89. The number of fused-ring (bicyclic) bond motifs is 2. The van der Waals surface area contributed by atoms with Gasteiger partial charge in [-0.3, -0.25) is 4.79 Å². The number of benzene rings is 2. The van der Waals surface area contributed by atoms with Gasteiger partial charge in [0, 0.05) is 48.4 Å². The van der Waals surface area contributed by atoms with E-state index >= 15 is 0 Å². The van der Waals surface area contributed by atoms with Gasteiger partial charge in [0.1, 0.15) is 11.3 Å². The van der Waals surface area contributed by atoms with Gasteiger partial charge in [0.05, 0.1) is 5.57 Å². The first kappa shape index (κ1) is 18.5. The standard InChI is InChI=1S/C22H21NO4/c1-5-15(16(6-2)22(25)26)21-17-9-7-13(23(3)4)11-19(17)27-20-12-14(24)8-10-18(20)21/h5-12H,1-4H3,(H,25,26)/b15-5+,16-6+. The summed E-state index contributed by atoms with van der Waals surface area (Å²) in [6, 6.07) is 10.4. The van der Waals surface area contributed by atoms with Crippen LogP contribution in [-0.4, -0.2) is 25.2 Å². The summed E-state index contributed by atoms with van der Waals surface area (Å²) in [6.07, 6.45) is 3.36. The third-order valence-corrected chi connectivity index (χ3v) is 4.56. The van der Waals surface area contributed by atoms with Crippen molar-refractivity contribution in [2.75, 3.05) is 19.0 Å². The highest BCUT2D eigenvalue weighted by Crippen LogP contribution is 2.40. The van der Waals surface area contributed by atoms with Gasteiger partial charge in [-0.2, -0.15) is 0 Å². The number of carbonyl (C=O) groups is 1. The molecule has 0 radical (unpaired) electrons. The number of carboxylic acid groups (broad SMARTS) is 1. The Morgan fingerprint density at radius 1 is 1.07 bits per heavy atom. The van der Waals surface area contributed by atoms with E-state index in [1.807, 2.05) is 37.2 Å². The summed E-state index contributed by atoms with van der Waals surface area (Å²) in [5.74, 6) is -0.570. The Labute approximate surface area is 157 Å². The van der Waals surface area contributed by atoms with Gasteiger partial charge in [-0.15, -0.1) is 0 Å². The van der Waals surface area contributed by atoms with Crippen LogP contribution in [0, 0.1) is 0 Å². The first-order valence-electron chi connectivity index (χ1n) is 8.62. The minimum Gasteiger partial charge on any atom is -0.478 e. The van der Waals surface area contributed by atoms with E-state index in [-0.39, 0.29) is 11.0 Å². The van der Waals surface area contributed by atoms with Crippen molar-refractivity contribution in [2.24, 2.45) is 0 Å². The minimum absolute atomic E-state index is 0.160. The molecule has 1 aliphatic carbocycles. The molecule has 0 amide bonds. The van der Waals surface area contributed by atoms with E-state index in [0.29, 0.717) is 22.5 Å². The second kappa shape index (κ2) is 7.11. The Balaban J connectivity index is 2.48. The van der Waals surface area contributed by atoms with Gasteiger partial charge in [0.15, 0.2) is 5.43 Å². The van der Waals surface area contributed by atoms with Gasteiger partial charge >= 0.3 is 5.97 Å². The van der Waals surface area contributed by atoms with E-state index in [1.165, 1.54) is 12.1 Å². The average molecular weight is 363 g/mol. The highest BCUT2D eigenvalue weighted by Gasteiger charge is 2.23. The summed E-state index contributed by atoms with van der Waals surface area (Å²) < 4.78 is 6.01. The quantitative estimate of drug-likeness (QED) is 0.423. The second-order valence-electron chi connectivity index (χ2n) is 6.42. The Hall–Kier alpha value is -3.34. The summed E-state index contributed by atoms with van der Waals surface area (Å²) in [7, 11) is 3.86. The van der Waals surface area contributed by atoms with Gasteiger partial charge in [0.25, 0.3) is 0 Å². The van der Waals surface area contributed by atoms with Crippen molar-refractivity contribution in [3.05, 3.63) is 69.9 Å². The fraction of sp³-hybridized carbons (Fsp3) is 0.182. The van der Waals surface area contributed by atoms with Crippen molar-refractivity contribution in [1.82, 2.24) is 0 Å². The number of anilines is 1. The molecule has 0 aromatic heterocycles. The maximum atomic E-state index is 11.9. The summed E-state index contributed by atoms with van der Waals surface area (Å²) in [6.45, 7) is 3.50. The Morgan fingerprint density at radius 2 is 1.81 bits per heavy atom. The van der Waals surface area contributed by atoms with Crippen molar-refractivity contribution in [2.45, 2.75) is 13.8 Å². The Morgan fingerprint density at radius 3 is 2.41 bits per heavy atom. The first-order chi connectivity index (χ1) is 12.9. The average Bonchev–Trinajstić information content (AvgIpc) is 2.63. The van der Waals surface area contributed by atoms with Crippen LogP contribution in [0.25, 0.3) is 27.9 Å². The maximum Gasteiger partial charge on any atom is 0.335 e. The van der Waals surface area contributed by atoms with E-state index in [0.717, 1.165) is 16.6 Å². The van der Waals surface area contributed by atoms with Crippen LogP contribution in [0.4, 0.5) is 5.69 Å². The second-order valence-corrected chi connectivity index (χ2v) is 6.42. The molecule has 0 saturated heterocycles. The zero-order chi connectivity index (χ0) is 19.7. The van der Waals surface area contributed by atoms with Crippen molar-refractivity contribution in [3.8, 4) is 11.3 Å². The number of allylic oxidation sites excluding steroid dienone is 2. The molecule has 0 spiro atoms. The van der Waals surface area contributed by atoms with Crippen LogP contribution in [0.1, 0.15) is 19.4 Å². The molecule has 0 unspecified atom stereocenters. The van der Waals surface area contributed by atoms with Crippen LogP contribution >= 0.6 is 0 Å². The molecule has 5 heteroatoms. The molecule has 1 heterocycles. The van der Waals surface area contributed by atoms with Crippen molar-refractivity contribution in [3.63, 3.8) is 0 Å². The molecule has 138 valence electrons. The lowest BCUT2D eigenvalue weighted by Gasteiger charge is -2.19. The van der Waals surface area contributed by atoms with Crippen LogP contribution in [0.3, 0.4) is 0 Å². The molecule has 1 aliphatic heterocycles. The molecule has 0 saturated carbocycles. The van der Waals surface area contributed by atoms with Crippen molar-refractivity contribution >= 4 is 28.2 Å². The molecule has 1 N–H and O–H groups in total. The molecule has 1 aromatic carbocycles. The lowest BCUT2D eigenvalue weighted by Crippen LogP contribution is -2.09. The molecular weight excluding hydrogens is 342 g/mol. The molecule has 0 atom stereocenters. The highest BCUT2D eigenvalue weighted by molar-refractivity contribution is 6.12. The molecule has 1 aromatic rings. The lowest BCUT2D eigenvalue weighted by molar-refractivity contribution is -0.132. The number of nitrogens with zero attached hydrogens (tertiary/aromatic N) is 1. The van der Waals surface area contributed by atoms with Crippen LogP contribution in [0.15, 0.2) is 63.3 Å². The molecule has 3 rings (SSSR count). The van der Waals surface area contributed by atoms with E-state index in [2.05, 4.69) is 0 Å². The van der Waals surface area contributed by atoms with E-state index < -0.39 is 5.97 Å². The molecule has 5 nitrogen and oxygen atoms in total. The van der Waals surface area contributed by atoms with Crippen LogP contribution in [0.5, 0.6) is 0 Å². The van der Waals surface area contributed by atoms with Gasteiger partial charge in [-0.25, -0.2) is 4.79 Å². The van der Waals surface area contributed by atoms with Gasteiger partial charge in [-0.1, -0.05) is 12.2 Å². The zero-order valence-corrected chi connectivity index (χ0v) is 15.7. The predicted octanol–water partition coefficient (Wildman–Crippen LogP) is 4.40.